The quantitative estimate of drug-likeness (QED) is 0.785. The summed E-state index contributed by atoms with van der Waals surface area (Å²) in [6.07, 6.45) is 3.45. The SMILES string of the molecule is CCCCCN1CC(=O)N[C@@H]1c1csnn1. The Morgan fingerprint density at radius 1 is 1.62 bits per heavy atom. The van der Waals surface area contributed by atoms with Crippen LogP contribution in [0.25, 0.3) is 0 Å². The summed E-state index contributed by atoms with van der Waals surface area (Å²) >= 11 is 1.32. The lowest BCUT2D eigenvalue weighted by Crippen LogP contribution is -2.28. The van der Waals surface area contributed by atoms with Crippen molar-refractivity contribution in [3.63, 3.8) is 0 Å². The molecular formula is C10H16N4OS. The molecule has 0 aromatic carbocycles. The van der Waals surface area contributed by atoms with E-state index in [2.05, 4.69) is 26.7 Å². The number of carbonyl (C=O) groups is 1. The lowest BCUT2D eigenvalue weighted by atomic mass is 10.2. The highest BCUT2D eigenvalue weighted by molar-refractivity contribution is 7.03. The molecule has 0 bridgehead atoms. The Labute approximate surface area is 99.0 Å². The Hall–Kier alpha value is -1.01. The van der Waals surface area contributed by atoms with E-state index < -0.39 is 0 Å². The average Bonchev–Trinajstić information content (AvgIpc) is 2.87. The molecule has 1 saturated heterocycles. The van der Waals surface area contributed by atoms with Crippen LogP contribution in [0, 0.1) is 0 Å². The number of hydrogen-bond acceptors (Lipinski definition) is 5. The molecule has 88 valence electrons. The molecule has 1 amide bonds. The minimum Gasteiger partial charge on any atom is -0.334 e. The third kappa shape index (κ3) is 2.56. The van der Waals surface area contributed by atoms with Gasteiger partial charge in [-0.25, -0.2) is 0 Å². The van der Waals surface area contributed by atoms with Crippen LogP contribution in [0.2, 0.25) is 0 Å². The second-order valence-corrected chi connectivity index (χ2v) is 4.59. The standard InChI is InChI=1S/C10H16N4OS/c1-2-3-4-5-14-6-9(15)11-10(14)8-7-16-13-12-8/h7,10H,2-6H2,1H3,(H,11,15)/t10-/m0/s1. The van der Waals surface area contributed by atoms with Gasteiger partial charge in [-0.05, 0) is 18.0 Å². The van der Waals surface area contributed by atoms with Gasteiger partial charge in [-0.2, -0.15) is 0 Å². The molecule has 1 aromatic rings. The molecule has 16 heavy (non-hydrogen) atoms. The van der Waals surface area contributed by atoms with Crippen LogP contribution in [-0.4, -0.2) is 33.5 Å². The molecule has 1 fully saturated rings. The molecule has 0 radical (unpaired) electrons. The van der Waals surface area contributed by atoms with Crippen molar-refractivity contribution in [2.24, 2.45) is 0 Å². The number of nitrogens with one attached hydrogen (secondary N) is 1. The maximum Gasteiger partial charge on any atom is 0.235 e. The summed E-state index contributed by atoms with van der Waals surface area (Å²) < 4.78 is 3.84. The van der Waals surface area contributed by atoms with Crippen molar-refractivity contribution < 1.29 is 4.79 Å². The maximum absolute atomic E-state index is 11.4. The number of nitrogens with zero attached hydrogens (tertiary/aromatic N) is 3. The summed E-state index contributed by atoms with van der Waals surface area (Å²) in [4.78, 5) is 13.5. The highest BCUT2D eigenvalue weighted by Gasteiger charge is 2.31. The maximum atomic E-state index is 11.4. The first-order valence-electron chi connectivity index (χ1n) is 5.61. The molecule has 2 rings (SSSR count). The third-order valence-corrected chi connectivity index (χ3v) is 3.24. The van der Waals surface area contributed by atoms with Gasteiger partial charge < -0.3 is 5.32 Å². The smallest absolute Gasteiger partial charge is 0.235 e. The summed E-state index contributed by atoms with van der Waals surface area (Å²) in [6.45, 7) is 3.59. The normalized spacial score (nSPS) is 21.3. The van der Waals surface area contributed by atoms with Crippen LogP contribution in [-0.2, 0) is 4.79 Å². The van der Waals surface area contributed by atoms with Crippen LogP contribution in [0.4, 0.5) is 0 Å². The monoisotopic (exact) mass is 240 g/mol. The van der Waals surface area contributed by atoms with Crippen molar-refractivity contribution in [1.29, 1.82) is 0 Å². The van der Waals surface area contributed by atoms with Gasteiger partial charge >= 0.3 is 0 Å². The van der Waals surface area contributed by atoms with Crippen molar-refractivity contribution in [3.8, 4) is 0 Å². The fourth-order valence-corrected chi connectivity index (χ4v) is 2.36. The molecule has 5 nitrogen and oxygen atoms in total. The van der Waals surface area contributed by atoms with Crippen molar-refractivity contribution in [2.45, 2.75) is 32.4 Å². The van der Waals surface area contributed by atoms with Gasteiger partial charge in [-0.3, -0.25) is 9.69 Å². The third-order valence-electron chi connectivity index (χ3n) is 2.72. The van der Waals surface area contributed by atoms with Gasteiger partial charge in [0.1, 0.15) is 11.9 Å². The molecule has 0 aliphatic carbocycles. The van der Waals surface area contributed by atoms with Crippen LogP contribution in [0.3, 0.4) is 0 Å². The molecule has 0 unspecified atom stereocenters. The zero-order chi connectivity index (χ0) is 11.4. The van der Waals surface area contributed by atoms with E-state index >= 15 is 0 Å². The van der Waals surface area contributed by atoms with Crippen LogP contribution >= 0.6 is 11.5 Å². The summed E-state index contributed by atoms with van der Waals surface area (Å²) in [5.41, 5.74) is 0.854. The molecule has 0 spiro atoms. The molecule has 1 atom stereocenters. The van der Waals surface area contributed by atoms with E-state index in [0.29, 0.717) is 6.54 Å². The largest absolute Gasteiger partial charge is 0.334 e. The molecule has 0 saturated carbocycles. The molecule has 1 aliphatic rings. The van der Waals surface area contributed by atoms with Gasteiger partial charge in [-0.15, -0.1) is 5.10 Å². The number of hydrogen-bond donors (Lipinski definition) is 1. The number of unbranched alkanes of at least 4 members (excludes halogenated alkanes) is 2. The number of rotatable bonds is 5. The highest BCUT2D eigenvalue weighted by atomic mass is 32.1. The Bertz CT molecular complexity index is 341. The van der Waals surface area contributed by atoms with E-state index in [4.69, 9.17) is 0 Å². The average molecular weight is 240 g/mol. The van der Waals surface area contributed by atoms with Crippen LogP contribution in [0.1, 0.15) is 38.0 Å². The first-order valence-corrected chi connectivity index (χ1v) is 6.45. The number of carbonyl (C=O) groups excluding carboxylic acids is 1. The first-order chi connectivity index (χ1) is 7.81. The number of aromatic nitrogens is 2. The van der Waals surface area contributed by atoms with Gasteiger partial charge in [0.05, 0.1) is 6.54 Å². The van der Waals surface area contributed by atoms with Crippen molar-refractivity contribution in [1.82, 2.24) is 19.8 Å². The minimum atomic E-state index is -0.0666. The van der Waals surface area contributed by atoms with Gasteiger partial charge in [0.15, 0.2) is 0 Å². The Morgan fingerprint density at radius 2 is 2.50 bits per heavy atom. The first kappa shape index (κ1) is 11.5. The van der Waals surface area contributed by atoms with E-state index in [-0.39, 0.29) is 12.1 Å². The Kier molecular flexibility index (Phi) is 3.84. The fourth-order valence-electron chi connectivity index (χ4n) is 1.89. The second kappa shape index (κ2) is 5.36. The molecule has 1 aliphatic heterocycles. The van der Waals surface area contributed by atoms with Gasteiger partial charge in [0, 0.05) is 11.9 Å². The fraction of sp³-hybridized carbons (Fsp3) is 0.700. The van der Waals surface area contributed by atoms with E-state index in [0.717, 1.165) is 18.7 Å². The molecule has 2 heterocycles. The van der Waals surface area contributed by atoms with E-state index in [1.54, 1.807) is 0 Å². The van der Waals surface area contributed by atoms with Crippen molar-refractivity contribution in [2.75, 3.05) is 13.1 Å². The van der Waals surface area contributed by atoms with E-state index in [1.165, 1.54) is 24.4 Å². The summed E-state index contributed by atoms with van der Waals surface area (Å²) in [7, 11) is 0. The Balaban J connectivity index is 1.96. The van der Waals surface area contributed by atoms with Crippen molar-refractivity contribution >= 4 is 17.4 Å². The topological polar surface area (TPSA) is 58.1 Å². The van der Waals surface area contributed by atoms with Gasteiger partial charge in [0.25, 0.3) is 0 Å². The molecule has 1 aromatic heterocycles. The zero-order valence-electron chi connectivity index (χ0n) is 9.35. The van der Waals surface area contributed by atoms with Crippen molar-refractivity contribution in [3.05, 3.63) is 11.1 Å². The second-order valence-electron chi connectivity index (χ2n) is 3.98. The summed E-state index contributed by atoms with van der Waals surface area (Å²) in [6, 6.07) is 0. The lowest BCUT2D eigenvalue weighted by molar-refractivity contribution is -0.118. The molecular weight excluding hydrogens is 224 g/mol. The summed E-state index contributed by atoms with van der Waals surface area (Å²) in [5, 5.41) is 8.84. The van der Waals surface area contributed by atoms with E-state index in [1.807, 2.05) is 5.38 Å². The van der Waals surface area contributed by atoms with E-state index in [9.17, 15) is 4.79 Å². The van der Waals surface area contributed by atoms with Crippen LogP contribution in [0.5, 0.6) is 0 Å². The highest BCUT2D eigenvalue weighted by Crippen LogP contribution is 2.21. The van der Waals surface area contributed by atoms with Crippen LogP contribution in [0.15, 0.2) is 5.38 Å². The minimum absolute atomic E-state index is 0.0666. The predicted octanol–water partition coefficient (Wildman–Crippen LogP) is 1.16. The molecule has 6 heteroatoms. The zero-order valence-corrected chi connectivity index (χ0v) is 10.2. The summed E-state index contributed by atoms with van der Waals surface area (Å²) in [5.74, 6) is 0.0782. The van der Waals surface area contributed by atoms with Crippen LogP contribution < -0.4 is 5.32 Å². The molecule has 1 N–H and O–H groups in total. The van der Waals surface area contributed by atoms with Gasteiger partial charge in [0.2, 0.25) is 5.91 Å². The lowest BCUT2D eigenvalue weighted by Gasteiger charge is -2.20. The number of amides is 1. The van der Waals surface area contributed by atoms with Gasteiger partial charge in [-0.1, -0.05) is 24.3 Å². The predicted molar refractivity (Wildman–Crippen MR) is 61.9 cm³/mol. The Morgan fingerprint density at radius 3 is 3.19 bits per heavy atom.